The van der Waals surface area contributed by atoms with Crippen LogP contribution in [0.15, 0.2) is 52.7 Å². The van der Waals surface area contributed by atoms with Gasteiger partial charge < -0.3 is 9.88 Å². The number of amides is 2. The quantitative estimate of drug-likeness (QED) is 0.801. The van der Waals surface area contributed by atoms with Crippen LogP contribution >= 0.6 is 11.8 Å². The monoisotopic (exact) mass is 387 g/mol. The molecule has 1 aliphatic heterocycles. The summed E-state index contributed by atoms with van der Waals surface area (Å²) in [7, 11) is 3.45. The number of nitrogens with one attached hydrogen (secondary N) is 1. The van der Waals surface area contributed by atoms with Crippen LogP contribution in [0.3, 0.4) is 0 Å². The Morgan fingerprint density at radius 2 is 2.07 bits per heavy atom. The van der Waals surface area contributed by atoms with Crippen molar-refractivity contribution in [3.63, 3.8) is 0 Å². The van der Waals surface area contributed by atoms with E-state index < -0.39 is 5.25 Å². The van der Waals surface area contributed by atoms with Gasteiger partial charge in [-0.25, -0.2) is 4.39 Å². The Bertz CT molecular complexity index is 907. The topological polar surface area (TPSA) is 79.1 Å². The first-order chi connectivity index (χ1) is 13.0. The molecule has 9 heteroatoms. The molecule has 3 rings (SSSR count). The molecule has 0 unspecified atom stereocenters. The summed E-state index contributed by atoms with van der Waals surface area (Å²) in [6.07, 6.45) is 3.42. The van der Waals surface area contributed by atoms with Crippen LogP contribution in [0.5, 0.6) is 0 Å². The third-order valence-corrected chi connectivity index (χ3v) is 5.11. The van der Waals surface area contributed by atoms with Crippen LogP contribution < -0.4 is 5.32 Å². The molecule has 1 aromatic heterocycles. The molecular formula is C18H18FN5O2S. The number of carbonyl (C=O) groups is 2. The SMILES string of the molecule is CN=C1S[C@@H](CC(=O)Nc2ccc(F)cc2)C(=O)N1/N=C\c1cccn1C. The van der Waals surface area contributed by atoms with Crippen LogP contribution in [-0.2, 0) is 16.6 Å². The van der Waals surface area contributed by atoms with E-state index in [1.54, 1.807) is 13.3 Å². The Labute approximate surface area is 160 Å². The second-order valence-corrected chi connectivity index (χ2v) is 6.98. The molecule has 0 radical (unpaired) electrons. The third kappa shape index (κ3) is 4.43. The van der Waals surface area contributed by atoms with Gasteiger partial charge in [-0.2, -0.15) is 10.1 Å². The normalized spacial score (nSPS) is 18.6. The Balaban J connectivity index is 1.66. The van der Waals surface area contributed by atoms with E-state index in [0.717, 1.165) is 5.69 Å². The summed E-state index contributed by atoms with van der Waals surface area (Å²) in [4.78, 5) is 28.9. The smallest absolute Gasteiger partial charge is 0.263 e. The van der Waals surface area contributed by atoms with Gasteiger partial charge in [0.15, 0.2) is 5.17 Å². The summed E-state index contributed by atoms with van der Waals surface area (Å²) in [5, 5.41) is 7.91. The van der Waals surface area contributed by atoms with Gasteiger partial charge in [0.1, 0.15) is 11.1 Å². The maximum absolute atomic E-state index is 12.9. The summed E-state index contributed by atoms with van der Waals surface area (Å²) in [6, 6.07) is 9.19. The van der Waals surface area contributed by atoms with Gasteiger partial charge >= 0.3 is 0 Å². The maximum atomic E-state index is 12.9. The molecule has 2 heterocycles. The fourth-order valence-electron chi connectivity index (χ4n) is 2.48. The molecule has 27 heavy (non-hydrogen) atoms. The number of nitrogens with zero attached hydrogens (tertiary/aromatic N) is 4. The van der Waals surface area contributed by atoms with Gasteiger partial charge in [0.05, 0.1) is 11.9 Å². The maximum Gasteiger partial charge on any atom is 0.263 e. The van der Waals surface area contributed by atoms with Crippen molar-refractivity contribution in [2.45, 2.75) is 11.7 Å². The van der Waals surface area contributed by atoms with E-state index in [1.807, 2.05) is 29.9 Å². The lowest BCUT2D eigenvalue weighted by atomic mass is 10.2. The number of benzene rings is 1. The lowest BCUT2D eigenvalue weighted by molar-refractivity contribution is -0.128. The molecule has 0 saturated carbocycles. The van der Waals surface area contributed by atoms with E-state index in [0.29, 0.717) is 10.9 Å². The molecule has 2 aromatic rings. The van der Waals surface area contributed by atoms with E-state index in [2.05, 4.69) is 15.4 Å². The molecule has 1 fully saturated rings. The van der Waals surface area contributed by atoms with Crippen molar-refractivity contribution in [2.75, 3.05) is 12.4 Å². The number of aliphatic imine (C=N–C) groups is 1. The predicted octanol–water partition coefficient (Wildman–Crippen LogP) is 2.46. The number of rotatable bonds is 5. The molecule has 1 saturated heterocycles. The van der Waals surface area contributed by atoms with Crippen molar-refractivity contribution in [2.24, 2.45) is 17.1 Å². The van der Waals surface area contributed by atoms with Crippen LogP contribution in [0.2, 0.25) is 0 Å². The van der Waals surface area contributed by atoms with Crippen LogP contribution in [-0.4, -0.2) is 45.1 Å². The van der Waals surface area contributed by atoms with E-state index in [-0.39, 0.29) is 24.1 Å². The number of hydrogen-bond acceptors (Lipinski definition) is 5. The lowest BCUT2D eigenvalue weighted by Crippen LogP contribution is -2.29. The van der Waals surface area contributed by atoms with Gasteiger partial charge in [0.25, 0.3) is 5.91 Å². The zero-order valence-corrected chi connectivity index (χ0v) is 15.6. The Kier molecular flexibility index (Phi) is 5.70. The molecule has 1 atom stereocenters. The van der Waals surface area contributed by atoms with Crippen molar-refractivity contribution in [3.8, 4) is 0 Å². The van der Waals surface area contributed by atoms with Gasteiger partial charge in [-0.3, -0.25) is 14.6 Å². The van der Waals surface area contributed by atoms with Gasteiger partial charge in [0, 0.05) is 32.4 Å². The molecule has 140 valence electrons. The molecule has 1 aliphatic rings. The number of halogens is 1. The minimum atomic E-state index is -0.616. The van der Waals surface area contributed by atoms with E-state index >= 15 is 0 Å². The number of carbonyl (C=O) groups excluding carboxylic acids is 2. The lowest BCUT2D eigenvalue weighted by Gasteiger charge is -2.09. The summed E-state index contributed by atoms with van der Waals surface area (Å²) in [5.74, 6) is -1.03. The minimum Gasteiger partial charge on any atom is -0.350 e. The fourth-order valence-corrected chi connectivity index (χ4v) is 3.51. The van der Waals surface area contributed by atoms with E-state index in [9.17, 15) is 14.0 Å². The average molecular weight is 387 g/mol. The van der Waals surface area contributed by atoms with Crippen LogP contribution in [0, 0.1) is 5.82 Å². The van der Waals surface area contributed by atoms with Crippen LogP contribution in [0.4, 0.5) is 10.1 Å². The first-order valence-electron chi connectivity index (χ1n) is 8.16. The van der Waals surface area contributed by atoms with Crippen molar-refractivity contribution in [1.82, 2.24) is 9.58 Å². The predicted molar refractivity (Wildman–Crippen MR) is 104 cm³/mol. The van der Waals surface area contributed by atoms with Crippen LogP contribution in [0.25, 0.3) is 0 Å². The van der Waals surface area contributed by atoms with Gasteiger partial charge in [-0.05, 0) is 36.4 Å². The summed E-state index contributed by atoms with van der Waals surface area (Å²) in [6.45, 7) is 0. The van der Waals surface area contributed by atoms with Crippen molar-refractivity contribution >= 4 is 40.6 Å². The van der Waals surface area contributed by atoms with Crippen LogP contribution in [0.1, 0.15) is 12.1 Å². The van der Waals surface area contributed by atoms with Crippen molar-refractivity contribution in [3.05, 3.63) is 54.1 Å². The minimum absolute atomic E-state index is 0.0317. The summed E-state index contributed by atoms with van der Waals surface area (Å²) in [5.41, 5.74) is 1.31. The zero-order valence-electron chi connectivity index (χ0n) is 14.8. The van der Waals surface area contributed by atoms with Gasteiger partial charge in [-0.1, -0.05) is 11.8 Å². The van der Waals surface area contributed by atoms with Crippen molar-refractivity contribution < 1.29 is 14.0 Å². The Morgan fingerprint density at radius 1 is 1.33 bits per heavy atom. The number of hydrogen-bond donors (Lipinski definition) is 1. The zero-order chi connectivity index (χ0) is 19.4. The second-order valence-electron chi connectivity index (χ2n) is 5.81. The number of aryl methyl sites for hydroxylation is 1. The molecule has 0 spiro atoms. The number of hydrazone groups is 1. The largest absolute Gasteiger partial charge is 0.350 e. The van der Waals surface area contributed by atoms with Gasteiger partial charge in [-0.15, -0.1) is 0 Å². The highest BCUT2D eigenvalue weighted by molar-refractivity contribution is 8.15. The number of aromatic nitrogens is 1. The molecule has 0 bridgehead atoms. The van der Waals surface area contributed by atoms with Gasteiger partial charge in [0.2, 0.25) is 5.91 Å². The molecule has 2 amide bonds. The average Bonchev–Trinajstić information content (AvgIpc) is 3.18. The highest BCUT2D eigenvalue weighted by atomic mass is 32.2. The first-order valence-corrected chi connectivity index (χ1v) is 9.04. The number of anilines is 1. The molecular weight excluding hydrogens is 369 g/mol. The Morgan fingerprint density at radius 3 is 2.70 bits per heavy atom. The highest BCUT2D eigenvalue weighted by Gasteiger charge is 2.39. The van der Waals surface area contributed by atoms with E-state index in [1.165, 1.54) is 41.0 Å². The van der Waals surface area contributed by atoms with Crippen molar-refractivity contribution in [1.29, 1.82) is 0 Å². The Hall–Kier alpha value is -2.94. The fraction of sp³-hybridized carbons (Fsp3) is 0.222. The first kappa shape index (κ1) is 18.8. The summed E-state index contributed by atoms with van der Waals surface area (Å²) >= 11 is 1.19. The molecule has 7 nitrogen and oxygen atoms in total. The molecule has 1 N–H and O–H groups in total. The molecule has 1 aromatic carbocycles. The molecule has 0 aliphatic carbocycles. The standard InChI is InChI=1S/C18H18FN5O2S/c1-20-18-24(21-11-14-4-3-9-23(14)2)17(26)15(27-18)10-16(25)22-13-7-5-12(19)6-8-13/h3-9,11,15H,10H2,1-2H3,(H,22,25)/b20-18?,21-11-/t15-/m0/s1. The second kappa shape index (κ2) is 8.17. The summed E-state index contributed by atoms with van der Waals surface area (Å²) < 4.78 is 14.8. The third-order valence-electron chi connectivity index (χ3n) is 3.89. The number of amidine groups is 1. The van der Waals surface area contributed by atoms with E-state index in [4.69, 9.17) is 0 Å². The number of thioether (sulfide) groups is 1. The highest BCUT2D eigenvalue weighted by Crippen LogP contribution is 2.30.